The van der Waals surface area contributed by atoms with Crippen LogP contribution in [0.3, 0.4) is 0 Å². The molecule has 0 atom stereocenters. The van der Waals surface area contributed by atoms with Crippen molar-refractivity contribution in [3.63, 3.8) is 0 Å². The molecule has 6 nitrogen and oxygen atoms in total. The standard InChI is InChI=1S/C23H20FN3O3/c1-16-3-2-4-17(13-16)14-27-12-11-22(26-27)25-23(28)21-10-9-20(30-21)15-29-19-7-5-18(24)6-8-19/h2-13H,14-15H2,1H3,(H,25,26,28). The second-order valence-corrected chi connectivity index (χ2v) is 6.85. The molecule has 0 unspecified atom stereocenters. The van der Waals surface area contributed by atoms with E-state index in [1.807, 2.05) is 31.3 Å². The first-order valence-electron chi connectivity index (χ1n) is 9.42. The molecule has 30 heavy (non-hydrogen) atoms. The first-order valence-corrected chi connectivity index (χ1v) is 9.42. The van der Waals surface area contributed by atoms with Gasteiger partial charge in [-0.25, -0.2) is 4.39 Å². The summed E-state index contributed by atoms with van der Waals surface area (Å²) >= 11 is 0. The van der Waals surface area contributed by atoms with Gasteiger partial charge in [0.1, 0.15) is 23.9 Å². The number of aromatic nitrogens is 2. The van der Waals surface area contributed by atoms with E-state index in [1.165, 1.54) is 29.8 Å². The molecular weight excluding hydrogens is 385 g/mol. The van der Waals surface area contributed by atoms with Gasteiger partial charge in [-0.3, -0.25) is 9.48 Å². The van der Waals surface area contributed by atoms with Crippen LogP contribution in [0.2, 0.25) is 0 Å². The van der Waals surface area contributed by atoms with Gasteiger partial charge in [-0.15, -0.1) is 0 Å². The quantitative estimate of drug-likeness (QED) is 0.479. The summed E-state index contributed by atoms with van der Waals surface area (Å²) in [7, 11) is 0. The number of halogens is 1. The van der Waals surface area contributed by atoms with Crippen molar-refractivity contribution < 1.29 is 18.3 Å². The number of amides is 1. The summed E-state index contributed by atoms with van der Waals surface area (Å²) in [5, 5.41) is 7.10. The Labute approximate surface area is 172 Å². The Balaban J connectivity index is 1.33. The van der Waals surface area contributed by atoms with Gasteiger partial charge in [0.25, 0.3) is 5.91 Å². The van der Waals surface area contributed by atoms with Gasteiger partial charge >= 0.3 is 0 Å². The third kappa shape index (κ3) is 4.94. The Morgan fingerprint density at radius 3 is 2.77 bits per heavy atom. The van der Waals surface area contributed by atoms with Crippen molar-refractivity contribution >= 4 is 11.7 Å². The number of ether oxygens (including phenoxy) is 1. The molecule has 0 saturated carbocycles. The zero-order chi connectivity index (χ0) is 20.9. The SMILES string of the molecule is Cc1cccc(Cn2ccc(NC(=O)c3ccc(COc4ccc(F)cc4)o3)n2)c1. The van der Waals surface area contributed by atoms with Crippen LogP contribution in [0.15, 0.2) is 77.3 Å². The summed E-state index contributed by atoms with van der Waals surface area (Å²) in [6.07, 6.45) is 1.81. The smallest absolute Gasteiger partial charge is 0.292 e. The molecule has 2 heterocycles. The van der Waals surface area contributed by atoms with Gasteiger partial charge < -0.3 is 14.5 Å². The van der Waals surface area contributed by atoms with Crippen LogP contribution >= 0.6 is 0 Å². The second-order valence-electron chi connectivity index (χ2n) is 6.85. The van der Waals surface area contributed by atoms with Gasteiger partial charge in [0.15, 0.2) is 11.6 Å². The van der Waals surface area contributed by atoms with Crippen LogP contribution in [0.1, 0.15) is 27.4 Å². The third-order valence-corrected chi connectivity index (χ3v) is 4.39. The maximum atomic E-state index is 12.9. The predicted octanol–water partition coefficient (Wildman–Crippen LogP) is 4.80. The lowest BCUT2D eigenvalue weighted by Crippen LogP contribution is -2.12. The fourth-order valence-electron chi connectivity index (χ4n) is 2.95. The van der Waals surface area contributed by atoms with E-state index in [9.17, 15) is 9.18 Å². The van der Waals surface area contributed by atoms with Gasteiger partial charge in [-0.05, 0) is 48.9 Å². The van der Waals surface area contributed by atoms with E-state index in [-0.39, 0.29) is 18.2 Å². The summed E-state index contributed by atoms with van der Waals surface area (Å²) in [5.41, 5.74) is 2.32. The lowest BCUT2D eigenvalue weighted by Gasteiger charge is -2.04. The second kappa shape index (κ2) is 8.65. The van der Waals surface area contributed by atoms with Crippen LogP contribution in [-0.4, -0.2) is 15.7 Å². The Kier molecular flexibility index (Phi) is 5.61. The normalized spacial score (nSPS) is 10.7. The van der Waals surface area contributed by atoms with Crippen molar-refractivity contribution in [1.29, 1.82) is 0 Å². The van der Waals surface area contributed by atoms with Crippen LogP contribution in [0.5, 0.6) is 5.75 Å². The molecule has 152 valence electrons. The molecule has 0 radical (unpaired) electrons. The lowest BCUT2D eigenvalue weighted by atomic mass is 10.1. The molecule has 0 aliphatic carbocycles. The topological polar surface area (TPSA) is 69.3 Å². The summed E-state index contributed by atoms with van der Waals surface area (Å²) in [5.74, 6) is 0.853. The van der Waals surface area contributed by atoms with E-state index in [4.69, 9.17) is 9.15 Å². The monoisotopic (exact) mass is 405 g/mol. The highest BCUT2D eigenvalue weighted by Gasteiger charge is 2.13. The Bertz CT molecular complexity index is 1150. The Morgan fingerprint density at radius 2 is 1.97 bits per heavy atom. The molecule has 1 amide bonds. The highest BCUT2D eigenvalue weighted by Crippen LogP contribution is 2.16. The summed E-state index contributed by atoms with van der Waals surface area (Å²) in [6, 6.07) is 18.8. The van der Waals surface area contributed by atoms with Crippen LogP contribution in [0.4, 0.5) is 10.2 Å². The van der Waals surface area contributed by atoms with E-state index in [0.717, 1.165) is 5.56 Å². The minimum Gasteiger partial charge on any atom is -0.486 e. The molecular formula is C23H20FN3O3. The average molecular weight is 405 g/mol. The number of hydrogen-bond acceptors (Lipinski definition) is 4. The summed E-state index contributed by atoms with van der Waals surface area (Å²) in [4.78, 5) is 12.4. The van der Waals surface area contributed by atoms with Gasteiger partial charge in [-0.2, -0.15) is 5.10 Å². The number of rotatable bonds is 7. The number of aryl methyl sites for hydroxylation is 1. The molecule has 4 rings (SSSR count). The maximum Gasteiger partial charge on any atom is 0.292 e. The number of nitrogens with zero attached hydrogens (tertiary/aromatic N) is 2. The highest BCUT2D eigenvalue weighted by atomic mass is 19.1. The summed E-state index contributed by atoms with van der Waals surface area (Å²) < 4.78 is 25.7. The van der Waals surface area contributed by atoms with Crippen LogP contribution in [-0.2, 0) is 13.2 Å². The Hall–Kier alpha value is -3.87. The molecule has 0 bridgehead atoms. The minimum absolute atomic E-state index is 0.129. The molecule has 4 aromatic rings. The number of furan rings is 1. The zero-order valence-corrected chi connectivity index (χ0v) is 16.3. The van der Waals surface area contributed by atoms with Gasteiger partial charge in [0.2, 0.25) is 0 Å². The van der Waals surface area contributed by atoms with Crippen LogP contribution in [0.25, 0.3) is 0 Å². The van der Waals surface area contributed by atoms with Gasteiger partial charge in [0.05, 0.1) is 6.54 Å². The molecule has 0 spiro atoms. The molecule has 0 aliphatic rings. The number of hydrogen-bond donors (Lipinski definition) is 1. The van der Waals surface area contributed by atoms with E-state index in [2.05, 4.69) is 16.5 Å². The molecule has 1 N–H and O–H groups in total. The van der Waals surface area contributed by atoms with Crippen molar-refractivity contribution in [1.82, 2.24) is 9.78 Å². The molecule has 0 saturated heterocycles. The number of anilines is 1. The fraction of sp³-hybridized carbons (Fsp3) is 0.130. The molecule has 0 aliphatic heterocycles. The lowest BCUT2D eigenvalue weighted by molar-refractivity contribution is 0.0992. The van der Waals surface area contributed by atoms with E-state index in [0.29, 0.717) is 23.9 Å². The van der Waals surface area contributed by atoms with Crippen molar-refractivity contribution in [3.8, 4) is 5.75 Å². The van der Waals surface area contributed by atoms with E-state index >= 15 is 0 Å². The van der Waals surface area contributed by atoms with Gasteiger partial charge in [0, 0.05) is 12.3 Å². The zero-order valence-electron chi connectivity index (χ0n) is 16.3. The van der Waals surface area contributed by atoms with E-state index in [1.54, 1.807) is 22.9 Å². The maximum absolute atomic E-state index is 12.9. The van der Waals surface area contributed by atoms with Crippen molar-refractivity contribution in [3.05, 3.63) is 101 Å². The predicted molar refractivity (Wildman–Crippen MR) is 110 cm³/mol. The molecule has 7 heteroatoms. The largest absolute Gasteiger partial charge is 0.486 e. The molecule has 0 fully saturated rings. The van der Waals surface area contributed by atoms with Gasteiger partial charge in [-0.1, -0.05) is 29.8 Å². The van der Waals surface area contributed by atoms with Crippen LogP contribution in [0, 0.1) is 12.7 Å². The first-order chi connectivity index (χ1) is 14.5. The number of carbonyl (C=O) groups is 1. The average Bonchev–Trinajstić information content (AvgIpc) is 3.37. The fourth-order valence-corrected chi connectivity index (χ4v) is 2.95. The molecule has 2 aromatic heterocycles. The summed E-state index contributed by atoms with van der Waals surface area (Å²) in [6.45, 7) is 2.79. The first kappa shape index (κ1) is 19.4. The van der Waals surface area contributed by atoms with Crippen molar-refractivity contribution in [2.24, 2.45) is 0 Å². The van der Waals surface area contributed by atoms with Crippen LogP contribution < -0.4 is 10.1 Å². The Morgan fingerprint density at radius 1 is 1.13 bits per heavy atom. The van der Waals surface area contributed by atoms with Crippen molar-refractivity contribution in [2.45, 2.75) is 20.1 Å². The minimum atomic E-state index is -0.399. The third-order valence-electron chi connectivity index (χ3n) is 4.39. The van der Waals surface area contributed by atoms with E-state index < -0.39 is 5.91 Å². The number of nitrogens with one attached hydrogen (secondary N) is 1. The van der Waals surface area contributed by atoms with Crippen molar-refractivity contribution in [2.75, 3.05) is 5.32 Å². The number of benzene rings is 2. The highest BCUT2D eigenvalue weighted by molar-refractivity contribution is 6.01. The number of carbonyl (C=O) groups excluding carboxylic acids is 1. The molecule has 2 aromatic carbocycles.